The van der Waals surface area contributed by atoms with Crippen molar-refractivity contribution >= 4 is 17.5 Å². The van der Waals surface area contributed by atoms with Gasteiger partial charge >= 0.3 is 0 Å². The fourth-order valence-corrected chi connectivity index (χ4v) is 3.68. The molecule has 1 aliphatic rings. The molecule has 1 saturated heterocycles. The smallest absolute Gasteiger partial charge is 0.265 e. The molecule has 1 aliphatic heterocycles. The van der Waals surface area contributed by atoms with Gasteiger partial charge in [0.25, 0.3) is 11.5 Å². The molecule has 160 valence electrons. The van der Waals surface area contributed by atoms with Crippen LogP contribution in [0.4, 0.5) is 11.6 Å². The van der Waals surface area contributed by atoms with Crippen LogP contribution in [0.25, 0.3) is 0 Å². The van der Waals surface area contributed by atoms with Gasteiger partial charge in [-0.3, -0.25) is 14.6 Å². The van der Waals surface area contributed by atoms with Crippen LogP contribution in [-0.2, 0) is 6.54 Å². The largest absolute Gasteiger partial charge is 0.368 e. The topological polar surface area (TPSA) is 81.3 Å². The van der Waals surface area contributed by atoms with Gasteiger partial charge in [-0.25, -0.2) is 4.98 Å². The van der Waals surface area contributed by atoms with Crippen molar-refractivity contribution in [1.29, 1.82) is 0 Å². The van der Waals surface area contributed by atoms with Gasteiger partial charge < -0.3 is 15.1 Å². The SMILES string of the molecule is Cc1ccc(N2CCN(c3ncc(C(=O)NCc4ccccc4)c(=O)[nH]3)CC2)cc1C. The van der Waals surface area contributed by atoms with E-state index in [1.54, 1.807) is 0 Å². The van der Waals surface area contributed by atoms with Crippen LogP contribution in [0.1, 0.15) is 27.0 Å². The summed E-state index contributed by atoms with van der Waals surface area (Å²) >= 11 is 0. The Bertz CT molecular complexity index is 1120. The van der Waals surface area contributed by atoms with Crippen molar-refractivity contribution in [2.45, 2.75) is 20.4 Å². The highest BCUT2D eigenvalue weighted by Crippen LogP contribution is 2.21. The predicted octanol–water partition coefficient (Wildman–Crippen LogP) is 2.64. The van der Waals surface area contributed by atoms with E-state index in [9.17, 15) is 9.59 Å². The van der Waals surface area contributed by atoms with Crippen LogP contribution in [0.2, 0.25) is 0 Å². The summed E-state index contributed by atoms with van der Waals surface area (Å²) in [7, 11) is 0. The third-order valence-electron chi connectivity index (χ3n) is 5.76. The van der Waals surface area contributed by atoms with Gasteiger partial charge in [0, 0.05) is 44.6 Å². The highest BCUT2D eigenvalue weighted by atomic mass is 16.2. The molecule has 2 heterocycles. The summed E-state index contributed by atoms with van der Waals surface area (Å²) < 4.78 is 0. The molecule has 4 rings (SSSR count). The second kappa shape index (κ2) is 9.04. The van der Waals surface area contributed by atoms with Crippen molar-refractivity contribution in [1.82, 2.24) is 15.3 Å². The van der Waals surface area contributed by atoms with Crippen molar-refractivity contribution in [3.63, 3.8) is 0 Å². The van der Waals surface area contributed by atoms with E-state index in [0.29, 0.717) is 12.5 Å². The number of carbonyl (C=O) groups excluding carboxylic acids is 1. The summed E-state index contributed by atoms with van der Waals surface area (Å²) in [6, 6.07) is 16.1. The first-order chi connectivity index (χ1) is 15.0. The average Bonchev–Trinajstić information content (AvgIpc) is 2.80. The van der Waals surface area contributed by atoms with Crippen LogP contribution < -0.4 is 20.7 Å². The van der Waals surface area contributed by atoms with Crippen molar-refractivity contribution in [2.75, 3.05) is 36.0 Å². The maximum atomic E-state index is 12.5. The summed E-state index contributed by atoms with van der Waals surface area (Å²) in [4.78, 5) is 36.4. The van der Waals surface area contributed by atoms with E-state index in [-0.39, 0.29) is 5.56 Å². The first-order valence-corrected chi connectivity index (χ1v) is 10.5. The van der Waals surface area contributed by atoms with E-state index in [1.807, 2.05) is 35.2 Å². The highest BCUT2D eigenvalue weighted by molar-refractivity contribution is 5.93. The molecule has 0 atom stereocenters. The van der Waals surface area contributed by atoms with Crippen LogP contribution in [0.3, 0.4) is 0 Å². The van der Waals surface area contributed by atoms with E-state index in [1.165, 1.54) is 23.0 Å². The molecule has 1 amide bonds. The molecule has 3 aromatic rings. The van der Waals surface area contributed by atoms with E-state index >= 15 is 0 Å². The molecule has 0 radical (unpaired) electrons. The van der Waals surface area contributed by atoms with E-state index in [2.05, 4.69) is 52.2 Å². The second-order valence-electron chi connectivity index (χ2n) is 7.86. The van der Waals surface area contributed by atoms with Gasteiger partial charge in [0.1, 0.15) is 5.56 Å². The first-order valence-electron chi connectivity index (χ1n) is 10.5. The van der Waals surface area contributed by atoms with E-state index in [4.69, 9.17) is 0 Å². The molecular formula is C24H27N5O2. The second-order valence-corrected chi connectivity index (χ2v) is 7.86. The summed E-state index contributed by atoms with van der Waals surface area (Å²) in [5, 5.41) is 2.77. The molecule has 31 heavy (non-hydrogen) atoms. The zero-order valence-corrected chi connectivity index (χ0v) is 17.9. The lowest BCUT2D eigenvalue weighted by atomic mass is 10.1. The summed E-state index contributed by atoms with van der Waals surface area (Å²) in [6.45, 7) is 7.77. The molecule has 2 N–H and O–H groups in total. The van der Waals surface area contributed by atoms with Crippen molar-refractivity contribution < 1.29 is 4.79 Å². The molecule has 0 spiro atoms. The van der Waals surface area contributed by atoms with Gasteiger partial charge in [0.05, 0.1) is 0 Å². The summed E-state index contributed by atoms with van der Waals surface area (Å²) in [5.41, 5.74) is 4.36. The molecule has 7 heteroatoms. The minimum Gasteiger partial charge on any atom is -0.368 e. The monoisotopic (exact) mass is 417 g/mol. The average molecular weight is 418 g/mol. The lowest BCUT2D eigenvalue weighted by Crippen LogP contribution is -2.47. The quantitative estimate of drug-likeness (QED) is 0.667. The Hall–Kier alpha value is -3.61. The van der Waals surface area contributed by atoms with Gasteiger partial charge in [0.2, 0.25) is 5.95 Å². The third kappa shape index (κ3) is 4.77. The normalized spacial score (nSPS) is 13.9. The lowest BCUT2D eigenvalue weighted by molar-refractivity contribution is 0.0949. The van der Waals surface area contributed by atoms with Crippen LogP contribution in [0.15, 0.2) is 59.5 Å². The molecule has 2 aromatic carbocycles. The van der Waals surface area contributed by atoms with Gasteiger partial charge in [0.15, 0.2) is 0 Å². The number of nitrogens with one attached hydrogen (secondary N) is 2. The van der Waals surface area contributed by atoms with E-state index < -0.39 is 11.5 Å². The minimum atomic E-state index is -0.427. The first kappa shape index (κ1) is 20.7. The van der Waals surface area contributed by atoms with Crippen LogP contribution in [-0.4, -0.2) is 42.1 Å². The number of nitrogens with zero attached hydrogens (tertiary/aromatic N) is 3. The predicted molar refractivity (Wildman–Crippen MR) is 123 cm³/mol. The highest BCUT2D eigenvalue weighted by Gasteiger charge is 2.20. The lowest BCUT2D eigenvalue weighted by Gasteiger charge is -2.36. The number of amides is 1. The maximum Gasteiger partial charge on any atom is 0.265 e. The zero-order valence-electron chi connectivity index (χ0n) is 17.9. The number of H-pyrrole nitrogens is 1. The number of aromatic nitrogens is 2. The van der Waals surface area contributed by atoms with Gasteiger partial charge in [-0.2, -0.15) is 0 Å². The fraction of sp³-hybridized carbons (Fsp3) is 0.292. The number of benzene rings is 2. The third-order valence-corrected chi connectivity index (χ3v) is 5.76. The van der Waals surface area contributed by atoms with Crippen LogP contribution in [0.5, 0.6) is 0 Å². The Morgan fingerprint density at radius 3 is 2.39 bits per heavy atom. The van der Waals surface area contributed by atoms with Crippen molar-refractivity contribution in [3.8, 4) is 0 Å². The van der Waals surface area contributed by atoms with Crippen molar-refractivity contribution in [3.05, 3.63) is 87.3 Å². The summed E-state index contributed by atoms with van der Waals surface area (Å²) in [6.07, 6.45) is 1.37. The molecule has 0 aliphatic carbocycles. The molecule has 1 fully saturated rings. The Labute approximate surface area is 181 Å². The van der Waals surface area contributed by atoms with Crippen LogP contribution in [0, 0.1) is 13.8 Å². The number of piperazine rings is 1. The molecular weight excluding hydrogens is 390 g/mol. The number of hydrogen-bond donors (Lipinski definition) is 2. The molecule has 0 saturated carbocycles. The number of anilines is 2. The van der Waals surface area contributed by atoms with Gasteiger partial charge in [-0.05, 0) is 42.7 Å². The molecule has 1 aromatic heterocycles. The van der Waals surface area contributed by atoms with Crippen LogP contribution >= 0.6 is 0 Å². The zero-order chi connectivity index (χ0) is 21.8. The minimum absolute atomic E-state index is 0.0217. The number of hydrogen-bond acceptors (Lipinski definition) is 5. The number of aryl methyl sites for hydroxylation is 2. The Balaban J connectivity index is 1.37. The van der Waals surface area contributed by atoms with E-state index in [0.717, 1.165) is 31.7 Å². The Morgan fingerprint density at radius 2 is 1.71 bits per heavy atom. The molecule has 7 nitrogen and oxygen atoms in total. The summed E-state index contributed by atoms with van der Waals surface area (Å²) in [5.74, 6) is 0.0769. The fourth-order valence-electron chi connectivity index (χ4n) is 3.68. The number of rotatable bonds is 5. The van der Waals surface area contributed by atoms with Crippen molar-refractivity contribution in [2.24, 2.45) is 0 Å². The number of carbonyl (C=O) groups is 1. The molecule has 0 unspecified atom stereocenters. The Morgan fingerprint density at radius 1 is 1.00 bits per heavy atom. The number of aromatic amines is 1. The van der Waals surface area contributed by atoms with Gasteiger partial charge in [-0.1, -0.05) is 36.4 Å². The van der Waals surface area contributed by atoms with Gasteiger partial charge in [-0.15, -0.1) is 0 Å². The molecule has 0 bridgehead atoms. The standard InChI is InChI=1S/C24H27N5O2/c1-17-8-9-20(14-18(17)2)28-10-12-29(13-11-28)24-26-16-21(23(31)27-24)22(30)25-15-19-6-4-3-5-7-19/h3-9,14,16H,10-13,15H2,1-2H3,(H,25,30)(H,26,27,31). The Kier molecular flexibility index (Phi) is 6.02. The maximum absolute atomic E-state index is 12.5.